The van der Waals surface area contributed by atoms with Crippen LogP contribution >= 0.6 is 34.7 Å². The SMILES string of the molecule is O=C(NCc1ccc(N2CCCC2=O)cc1)c1nsc(Cl)c1Cl. The number of hydrogen-bond donors (Lipinski definition) is 1. The van der Waals surface area contributed by atoms with E-state index in [9.17, 15) is 9.59 Å². The predicted octanol–water partition coefficient (Wildman–Crippen LogP) is 3.51. The summed E-state index contributed by atoms with van der Waals surface area (Å²) >= 11 is 12.7. The van der Waals surface area contributed by atoms with E-state index in [1.165, 1.54) is 0 Å². The number of benzene rings is 1. The van der Waals surface area contributed by atoms with Gasteiger partial charge in [-0.2, -0.15) is 4.37 Å². The third-order valence-electron chi connectivity index (χ3n) is 3.59. The maximum atomic E-state index is 12.0. The fraction of sp³-hybridized carbons (Fsp3) is 0.267. The Hall–Kier alpha value is -1.63. The van der Waals surface area contributed by atoms with Gasteiger partial charge in [-0.15, -0.1) is 0 Å². The Bertz CT molecular complexity index is 746. The average Bonchev–Trinajstić information content (AvgIpc) is 3.12. The van der Waals surface area contributed by atoms with Crippen molar-refractivity contribution in [2.75, 3.05) is 11.4 Å². The van der Waals surface area contributed by atoms with E-state index in [1.807, 2.05) is 24.3 Å². The lowest BCUT2D eigenvalue weighted by atomic mass is 10.2. The zero-order valence-corrected chi connectivity index (χ0v) is 14.3. The summed E-state index contributed by atoms with van der Waals surface area (Å²) in [5.74, 6) is -0.210. The van der Waals surface area contributed by atoms with Crippen LogP contribution in [0.5, 0.6) is 0 Å². The topological polar surface area (TPSA) is 62.3 Å². The van der Waals surface area contributed by atoms with Gasteiger partial charge in [-0.3, -0.25) is 9.59 Å². The molecule has 1 aliphatic heterocycles. The van der Waals surface area contributed by atoms with E-state index in [1.54, 1.807) is 4.90 Å². The molecule has 2 heterocycles. The van der Waals surface area contributed by atoms with Crippen LogP contribution in [0.15, 0.2) is 24.3 Å². The Labute approximate surface area is 147 Å². The zero-order chi connectivity index (χ0) is 16.4. The number of carbonyl (C=O) groups is 2. The van der Waals surface area contributed by atoms with Crippen molar-refractivity contribution in [1.82, 2.24) is 9.69 Å². The molecule has 1 aromatic carbocycles. The molecule has 0 unspecified atom stereocenters. The highest BCUT2D eigenvalue weighted by Gasteiger charge is 2.21. The Morgan fingerprint density at radius 2 is 2.04 bits per heavy atom. The average molecular weight is 370 g/mol. The molecule has 0 saturated carbocycles. The van der Waals surface area contributed by atoms with E-state index in [0.29, 0.717) is 17.3 Å². The van der Waals surface area contributed by atoms with Gasteiger partial charge in [-0.25, -0.2) is 0 Å². The molecule has 23 heavy (non-hydrogen) atoms. The summed E-state index contributed by atoms with van der Waals surface area (Å²) in [4.78, 5) is 25.5. The van der Waals surface area contributed by atoms with Crippen LogP contribution in [0, 0.1) is 0 Å². The fourth-order valence-electron chi connectivity index (χ4n) is 2.38. The second-order valence-electron chi connectivity index (χ2n) is 5.12. The first kappa shape index (κ1) is 16.2. The first-order chi connectivity index (χ1) is 11.1. The number of amides is 2. The molecular weight excluding hydrogens is 357 g/mol. The van der Waals surface area contributed by atoms with E-state index in [4.69, 9.17) is 23.2 Å². The minimum Gasteiger partial charge on any atom is -0.347 e. The van der Waals surface area contributed by atoms with Gasteiger partial charge < -0.3 is 10.2 Å². The van der Waals surface area contributed by atoms with Crippen LogP contribution in [0.1, 0.15) is 28.9 Å². The number of rotatable bonds is 4. The van der Waals surface area contributed by atoms with Crippen LogP contribution < -0.4 is 10.2 Å². The minimum atomic E-state index is -0.364. The van der Waals surface area contributed by atoms with E-state index in [-0.39, 0.29) is 22.5 Å². The summed E-state index contributed by atoms with van der Waals surface area (Å²) in [5, 5.41) is 2.93. The van der Waals surface area contributed by atoms with Crippen molar-refractivity contribution < 1.29 is 9.59 Å². The molecule has 3 rings (SSSR count). The second-order valence-corrected chi connectivity index (χ2v) is 6.87. The van der Waals surface area contributed by atoms with Crippen LogP contribution in [0.25, 0.3) is 0 Å². The molecule has 1 aliphatic rings. The van der Waals surface area contributed by atoms with E-state index in [2.05, 4.69) is 9.69 Å². The fourth-order valence-corrected chi connectivity index (χ4v) is 3.38. The molecule has 5 nitrogen and oxygen atoms in total. The van der Waals surface area contributed by atoms with E-state index < -0.39 is 0 Å². The maximum Gasteiger partial charge on any atom is 0.272 e. The van der Waals surface area contributed by atoms with Crippen LogP contribution in [-0.2, 0) is 11.3 Å². The first-order valence-corrected chi connectivity index (χ1v) is 8.57. The summed E-state index contributed by atoms with van der Waals surface area (Å²) in [6.07, 6.45) is 1.50. The monoisotopic (exact) mass is 369 g/mol. The molecule has 0 spiro atoms. The molecule has 2 aromatic rings. The summed E-state index contributed by atoms with van der Waals surface area (Å²) in [7, 11) is 0. The molecule has 0 atom stereocenters. The molecule has 0 aliphatic carbocycles. The van der Waals surface area contributed by atoms with Gasteiger partial charge in [0.2, 0.25) is 5.91 Å². The van der Waals surface area contributed by atoms with Crippen molar-refractivity contribution in [2.45, 2.75) is 19.4 Å². The van der Waals surface area contributed by atoms with Gasteiger partial charge in [0.15, 0.2) is 5.69 Å². The quantitative estimate of drug-likeness (QED) is 0.896. The van der Waals surface area contributed by atoms with E-state index >= 15 is 0 Å². The highest BCUT2D eigenvalue weighted by Crippen LogP contribution is 2.29. The lowest BCUT2D eigenvalue weighted by Crippen LogP contribution is -2.24. The molecule has 2 amide bonds. The highest BCUT2D eigenvalue weighted by atomic mass is 35.5. The normalized spacial score (nSPS) is 14.3. The van der Waals surface area contributed by atoms with Crippen LogP contribution in [0.4, 0.5) is 5.69 Å². The van der Waals surface area contributed by atoms with Crippen LogP contribution in [0.2, 0.25) is 9.36 Å². The molecule has 0 bridgehead atoms. The van der Waals surface area contributed by atoms with E-state index in [0.717, 1.165) is 35.7 Å². The zero-order valence-electron chi connectivity index (χ0n) is 12.0. The van der Waals surface area contributed by atoms with Gasteiger partial charge in [0.25, 0.3) is 5.91 Å². The lowest BCUT2D eigenvalue weighted by Gasteiger charge is -2.16. The maximum absolute atomic E-state index is 12.0. The Morgan fingerprint density at radius 3 is 2.61 bits per heavy atom. The molecule has 1 saturated heterocycles. The molecule has 1 aromatic heterocycles. The second kappa shape index (κ2) is 6.86. The third-order valence-corrected chi connectivity index (χ3v) is 5.20. The summed E-state index contributed by atoms with van der Waals surface area (Å²) in [5.41, 5.74) is 1.95. The Balaban J connectivity index is 1.61. The van der Waals surface area contributed by atoms with Crippen molar-refractivity contribution in [3.8, 4) is 0 Å². The summed E-state index contributed by atoms with van der Waals surface area (Å²) < 4.78 is 4.23. The molecule has 1 fully saturated rings. The smallest absolute Gasteiger partial charge is 0.272 e. The van der Waals surface area contributed by atoms with Crippen molar-refractivity contribution in [3.05, 3.63) is 44.9 Å². The van der Waals surface area contributed by atoms with Gasteiger partial charge in [0.1, 0.15) is 9.36 Å². The van der Waals surface area contributed by atoms with Gasteiger partial charge in [0, 0.05) is 25.2 Å². The van der Waals surface area contributed by atoms with Crippen molar-refractivity contribution in [1.29, 1.82) is 0 Å². The number of carbonyl (C=O) groups excluding carboxylic acids is 2. The largest absolute Gasteiger partial charge is 0.347 e. The number of anilines is 1. The minimum absolute atomic E-state index is 0.140. The molecular formula is C15H13Cl2N3O2S. The summed E-state index contributed by atoms with van der Waals surface area (Å²) in [6, 6.07) is 7.54. The van der Waals surface area contributed by atoms with Crippen molar-refractivity contribution in [3.63, 3.8) is 0 Å². The number of nitrogens with zero attached hydrogens (tertiary/aromatic N) is 2. The number of aromatic nitrogens is 1. The van der Waals surface area contributed by atoms with Crippen molar-refractivity contribution >= 4 is 52.2 Å². The van der Waals surface area contributed by atoms with Crippen molar-refractivity contribution in [2.24, 2.45) is 0 Å². The Morgan fingerprint density at radius 1 is 1.30 bits per heavy atom. The highest BCUT2D eigenvalue weighted by molar-refractivity contribution is 7.11. The van der Waals surface area contributed by atoms with Gasteiger partial charge >= 0.3 is 0 Å². The molecule has 8 heteroatoms. The number of hydrogen-bond acceptors (Lipinski definition) is 4. The van der Waals surface area contributed by atoms with Crippen LogP contribution in [-0.4, -0.2) is 22.7 Å². The number of nitrogens with one attached hydrogen (secondary N) is 1. The Kier molecular flexibility index (Phi) is 4.84. The molecule has 0 radical (unpaired) electrons. The van der Waals surface area contributed by atoms with Gasteiger partial charge in [-0.1, -0.05) is 35.3 Å². The van der Waals surface area contributed by atoms with Crippen LogP contribution in [0.3, 0.4) is 0 Å². The predicted molar refractivity (Wildman–Crippen MR) is 91.3 cm³/mol. The van der Waals surface area contributed by atoms with Gasteiger partial charge in [-0.05, 0) is 35.6 Å². The van der Waals surface area contributed by atoms with Gasteiger partial charge in [0.05, 0.1) is 0 Å². The standard InChI is InChI=1S/C15H13Cl2N3O2S/c16-12-13(19-23-14(12)17)15(22)18-8-9-3-5-10(6-4-9)20-7-1-2-11(20)21/h3-6H,1-2,7-8H2,(H,18,22). The molecule has 120 valence electrons. The lowest BCUT2D eigenvalue weighted by molar-refractivity contribution is -0.117. The third kappa shape index (κ3) is 3.49. The number of halogens is 2. The molecule has 1 N–H and O–H groups in total. The summed E-state index contributed by atoms with van der Waals surface area (Å²) in [6.45, 7) is 1.11. The first-order valence-electron chi connectivity index (χ1n) is 7.04.